The lowest BCUT2D eigenvalue weighted by atomic mass is 10.1. The highest BCUT2D eigenvalue weighted by Gasteiger charge is 2.33. The van der Waals surface area contributed by atoms with Crippen LogP contribution in [-0.2, 0) is 21.6 Å². The molecule has 0 radical (unpaired) electrons. The Morgan fingerprint density at radius 1 is 1.35 bits per heavy atom. The van der Waals surface area contributed by atoms with Gasteiger partial charge < -0.3 is 9.47 Å². The number of benzene rings is 1. The molecule has 1 atom stereocenters. The fourth-order valence-corrected chi connectivity index (χ4v) is 3.62. The van der Waals surface area contributed by atoms with Gasteiger partial charge in [0.25, 0.3) is 0 Å². The lowest BCUT2D eigenvalue weighted by Crippen LogP contribution is -2.25. The van der Waals surface area contributed by atoms with Crippen LogP contribution in [0.3, 0.4) is 0 Å². The number of imidazole rings is 1. The number of hydrogen-bond donors (Lipinski definition) is 0. The van der Waals surface area contributed by atoms with Gasteiger partial charge >= 0.3 is 10.2 Å². The molecule has 0 spiro atoms. The Hall–Kier alpha value is -2.22. The average Bonchev–Trinajstić information content (AvgIpc) is 3.07. The molecule has 1 aromatic heterocycles. The first kappa shape index (κ1) is 15.7. The van der Waals surface area contributed by atoms with Gasteiger partial charge in [0.15, 0.2) is 0 Å². The van der Waals surface area contributed by atoms with Crippen LogP contribution in [0.4, 0.5) is 9.57 Å². The molecule has 1 unspecified atom stereocenters. The van der Waals surface area contributed by atoms with E-state index in [1.807, 2.05) is 29.0 Å². The van der Waals surface area contributed by atoms with Crippen molar-refractivity contribution < 1.29 is 17.1 Å². The van der Waals surface area contributed by atoms with Crippen LogP contribution in [0.25, 0.3) is 0 Å². The maximum Gasteiger partial charge on any atom is 0.302 e. The molecule has 23 heavy (non-hydrogen) atoms. The molecule has 3 rings (SSSR count). The summed E-state index contributed by atoms with van der Waals surface area (Å²) in [7, 11) is -4.57. The Balaban J connectivity index is 1.75. The summed E-state index contributed by atoms with van der Waals surface area (Å²) in [6.45, 7) is 0.842. The quantitative estimate of drug-likeness (QED) is 0.777. The predicted molar refractivity (Wildman–Crippen MR) is 83.1 cm³/mol. The molecule has 1 fully saturated rings. The van der Waals surface area contributed by atoms with E-state index in [2.05, 4.69) is 4.98 Å². The van der Waals surface area contributed by atoms with Crippen molar-refractivity contribution in [2.45, 2.75) is 13.0 Å². The highest BCUT2D eigenvalue weighted by Crippen LogP contribution is 2.27. The van der Waals surface area contributed by atoms with E-state index in [0.717, 1.165) is 5.56 Å². The summed E-state index contributed by atoms with van der Waals surface area (Å²) in [5.41, 5.74) is 1.70. The summed E-state index contributed by atoms with van der Waals surface area (Å²) in [5.74, 6) is -1.29. The van der Waals surface area contributed by atoms with Crippen LogP contribution in [0.15, 0.2) is 43.0 Å². The molecule has 0 N–H and O–H groups in total. The molecule has 1 amide bonds. The van der Waals surface area contributed by atoms with Crippen molar-refractivity contribution in [2.24, 2.45) is 5.92 Å². The summed E-state index contributed by atoms with van der Waals surface area (Å²) in [6.07, 6.45) is 5.29. The zero-order valence-corrected chi connectivity index (χ0v) is 13.1. The van der Waals surface area contributed by atoms with E-state index in [1.54, 1.807) is 18.6 Å². The van der Waals surface area contributed by atoms with E-state index in [1.165, 1.54) is 4.90 Å². The SMILES string of the molecule is O=C1CC(CS(=O)(=O)F)CN1c1cccc(Cn2ccnc2)c1. The van der Waals surface area contributed by atoms with Crippen LogP contribution in [0.2, 0.25) is 0 Å². The van der Waals surface area contributed by atoms with Crippen molar-refractivity contribution in [3.05, 3.63) is 48.5 Å². The van der Waals surface area contributed by atoms with Gasteiger partial charge in [-0.1, -0.05) is 12.1 Å². The molecule has 2 heterocycles. The number of rotatable bonds is 5. The van der Waals surface area contributed by atoms with Gasteiger partial charge in [0, 0.05) is 43.5 Å². The van der Waals surface area contributed by atoms with Crippen LogP contribution in [0.5, 0.6) is 0 Å². The Kier molecular flexibility index (Phi) is 4.16. The zero-order valence-electron chi connectivity index (χ0n) is 12.3. The van der Waals surface area contributed by atoms with E-state index in [0.29, 0.717) is 12.2 Å². The summed E-state index contributed by atoms with van der Waals surface area (Å²) in [4.78, 5) is 17.6. The number of halogens is 1. The molecule has 1 saturated heterocycles. The first-order valence-corrected chi connectivity index (χ1v) is 8.73. The predicted octanol–water partition coefficient (Wildman–Crippen LogP) is 1.58. The van der Waals surface area contributed by atoms with Gasteiger partial charge in [0.05, 0.1) is 12.1 Å². The minimum absolute atomic E-state index is 0.0505. The molecule has 6 nitrogen and oxygen atoms in total. The summed E-state index contributed by atoms with van der Waals surface area (Å²) < 4.78 is 36.2. The molecule has 1 aliphatic heterocycles. The maximum absolute atomic E-state index is 12.8. The van der Waals surface area contributed by atoms with Crippen molar-refractivity contribution in [1.29, 1.82) is 0 Å². The minimum Gasteiger partial charge on any atom is -0.333 e. The maximum atomic E-state index is 12.8. The molecule has 1 aliphatic rings. The van der Waals surface area contributed by atoms with Crippen LogP contribution in [-0.4, -0.2) is 36.2 Å². The molecule has 8 heteroatoms. The first-order valence-electron chi connectivity index (χ1n) is 7.18. The lowest BCUT2D eigenvalue weighted by Gasteiger charge is -2.17. The van der Waals surface area contributed by atoms with E-state index in [4.69, 9.17) is 0 Å². The second kappa shape index (κ2) is 6.11. The highest BCUT2D eigenvalue weighted by atomic mass is 32.3. The number of nitrogens with zero attached hydrogens (tertiary/aromatic N) is 3. The van der Waals surface area contributed by atoms with Crippen molar-refractivity contribution in [3.63, 3.8) is 0 Å². The van der Waals surface area contributed by atoms with Crippen molar-refractivity contribution in [1.82, 2.24) is 9.55 Å². The second-order valence-electron chi connectivity index (χ2n) is 5.68. The number of amides is 1. The van der Waals surface area contributed by atoms with Crippen LogP contribution < -0.4 is 4.90 Å². The Morgan fingerprint density at radius 3 is 2.87 bits per heavy atom. The van der Waals surface area contributed by atoms with Gasteiger partial charge in [0.1, 0.15) is 0 Å². The largest absolute Gasteiger partial charge is 0.333 e. The standard InChI is InChI=1S/C15H16FN3O3S/c16-23(21,22)10-13-7-15(20)19(9-13)14-3-1-2-12(6-14)8-18-5-4-17-11-18/h1-6,11,13H,7-10H2. The topological polar surface area (TPSA) is 72.3 Å². The third kappa shape index (κ3) is 3.95. The average molecular weight is 337 g/mol. The van der Waals surface area contributed by atoms with Crippen LogP contribution in [0, 0.1) is 5.92 Å². The molecule has 0 aliphatic carbocycles. The van der Waals surface area contributed by atoms with Crippen molar-refractivity contribution in [3.8, 4) is 0 Å². The smallest absolute Gasteiger partial charge is 0.302 e. The van der Waals surface area contributed by atoms with Gasteiger partial charge in [0.2, 0.25) is 5.91 Å². The third-order valence-corrected chi connectivity index (χ3v) is 4.66. The van der Waals surface area contributed by atoms with E-state index < -0.39 is 21.9 Å². The summed E-state index contributed by atoms with van der Waals surface area (Å²) in [5, 5.41) is 0. The number of anilines is 1. The van der Waals surface area contributed by atoms with Gasteiger partial charge in [-0.3, -0.25) is 4.79 Å². The fourth-order valence-electron chi connectivity index (χ4n) is 2.84. The summed E-state index contributed by atoms with van der Waals surface area (Å²) >= 11 is 0. The second-order valence-corrected chi connectivity index (χ2v) is 7.10. The molecule has 2 aromatic rings. The molecule has 122 valence electrons. The van der Waals surface area contributed by atoms with Crippen molar-refractivity contribution >= 4 is 21.8 Å². The summed E-state index contributed by atoms with van der Waals surface area (Å²) in [6, 6.07) is 7.45. The number of carbonyl (C=O) groups is 1. The monoisotopic (exact) mass is 337 g/mol. The minimum atomic E-state index is -4.57. The molecule has 0 bridgehead atoms. The third-order valence-electron chi connectivity index (χ3n) is 3.79. The van der Waals surface area contributed by atoms with Crippen LogP contribution in [0.1, 0.15) is 12.0 Å². The van der Waals surface area contributed by atoms with Gasteiger partial charge in [-0.15, -0.1) is 3.89 Å². The zero-order chi connectivity index (χ0) is 16.4. The van der Waals surface area contributed by atoms with Gasteiger partial charge in [-0.05, 0) is 17.7 Å². The van der Waals surface area contributed by atoms with Crippen LogP contribution >= 0.6 is 0 Å². The molecular weight excluding hydrogens is 321 g/mol. The lowest BCUT2D eigenvalue weighted by molar-refractivity contribution is -0.117. The Labute approximate surface area is 133 Å². The normalized spacial score (nSPS) is 18.6. The van der Waals surface area contributed by atoms with Gasteiger partial charge in [-0.2, -0.15) is 8.42 Å². The molecular formula is C15H16FN3O3S. The van der Waals surface area contributed by atoms with E-state index in [9.17, 15) is 17.1 Å². The Bertz CT molecular complexity index is 805. The van der Waals surface area contributed by atoms with E-state index >= 15 is 0 Å². The highest BCUT2D eigenvalue weighted by molar-refractivity contribution is 7.86. The number of aromatic nitrogens is 2. The first-order chi connectivity index (χ1) is 10.9. The Morgan fingerprint density at radius 2 is 2.17 bits per heavy atom. The molecule has 1 aromatic carbocycles. The number of hydrogen-bond acceptors (Lipinski definition) is 4. The van der Waals surface area contributed by atoms with E-state index in [-0.39, 0.29) is 18.9 Å². The molecule has 0 saturated carbocycles. The van der Waals surface area contributed by atoms with Gasteiger partial charge in [-0.25, -0.2) is 4.98 Å². The number of carbonyl (C=O) groups excluding carboxylic acids is 1. The van der Waals surface area contributed by atoms with Crippen molar-refractivity contribution in [2.75, 3.05) is 17.2 Å². The fraction of sp³-hybridized carbons (Fsp3) is 0.333.